The summed E-state index contributed by atoms with van der Waals surface area (Å²) in [6.45, 7) is 5.53. The maximum atomic E-state index is 5.47. The summed E-state index contributed by atoms with van der Waals surface area (Å²) < 4.78 is 5.47. The summed E-state index contributed by atoms with van der Waals surface area (Å²) in [5, 5.41) is 14.2. The van der Waals surface area contributed by atoms with Crippen LogP contribution in [0.3, 0.4) is 0 Å². The fourth-order valence-electron chi connectivity index (χ4n) is 1.54. The van der Waals surface area contributed by atoms with Gasteiger partial charge in [0.15, 0.2) is 0 Å². The Kier molecular flexibility index (Phi) is 4.25. The largest absolute Gasteiger partial charge is 0.407 e. The van der Waals surface area contributed by atoms with E-state index in [2.05, 4.69) is 25.8 Å². The van der Waals surface area contributed by atoms with Gasteiger partial charge in [-0.05, 0) is 31.2 Å². The third-order valence-corrected chi connectivity index (χ3v) is 2.54. The van der Waals surface area contributed by atoms with Crippen LogP contribution in [-0.4, -0.2) is 21.7 Å². The molecule has 0 amide bonds. The molecule has 1 atom stereocenters. The number of aromatic nitrogens is 3. The molecule has 0 aliphatic rings. The maximum absolute atomic E-state index is 5.47. The van der Waals surface area contributed by atoms with Crippen LogP contribution < -0.4 is 10.6 Å². The van der Waals surface area contributed by atoms with Crippen LogP contribution >= 0.6 is 0 Å². The maximum Gasteiger partial charge on any atom is 0.315 e. The van der Waals surface area contributed by atoms with Crippen LogP contribution in [0.4, 0.5) is 6.01 Å². The van der Waals surface area contributed by atoms with Crippen LogP contribution in [0.2, 0.25) is 0 Å². The average molecular weight is 247 g/mol. The predicted molar refractivity (Wildman–Crippen MR) is 68.0 cm³/mol. The highest BCUT2D eigenvalue weighted by Crippen LogP contribution is 2.17. The molecule has 0 radical (unpaired) electrons. The number of hydrogen-bond donors (Lipinski definition) is 2. The van der Waals surface area contributed by atoms with Crippen LogP contribution in [0, 0.1) is 0 Å². The van der Waals surface area contributed by atoms with Gasteiger partial charge in [-0.15, -0.1) is 5.10 Å². The molecular formula is C12H17N5O. The highest BCUT2D eigenvalue weighted by Gasteiger charge is 2.10. The van der Waals surface area contributed by atoms with Crippen molar-refractivity contribution in [2.75, 3.05) is 11.9 Å². The molecule has 2 N–H and O–H groups in total. The minimum absolute atomic E-state index is 0.0976. The van der Waals surface area contributed by atoms with Gasteiger partial charge in [-0.25, -0.2) is 0 Å². The van der Waals surface area contributed by atoms with E-state index in [1.54, 1.807) is 12.4 Å². The van der Waals surface area contributed by atoms with E-state index in [0.717, 1.165) is 12.1 Å². The van der Waals surface area contributed by atoms with Gasteiger partial charge in [0, 0.05) is 12.4 Å². The van der Waals surface area contributed by atoms with Gasteiger partial charge in [0.2, 0.25) is 5.89 Å². The monoisotopic (exact) mass is 247 g/mol. The molecule has 1 unspecified atom stereocenters. The summed E-state index contributed by atoms with van der Waals surface area (Å²) in [5.41, 5.74) is 1.12. The van der Waals surface area contributed by atoms with Crippen molar-refractivity contribution in [3.8, 4) is 0 Å². The van der Waals surface area contributed by atoms with E-state index in [-0.39, 0.29) is 6.04 Å². The quantitative estimate of drug-likeness (QED) is 0.810. The number of nitrogens with zero attached hydrogens (tertiary/aromatic N) is 3. The molecule has 6 heteroatoms. The minimum atomic E-state index is 0.0976. The summed E-state index contributed by atoms with van der Waals surface area (Å²) in [7, 11) is 0. The number of pyridine rings is 1. The van der Waals surface area contributed by atoms with Crippen molar-refractivity contribution >= 4 is 6.01 Å². The van der Waals surface area contributed by atoms with Gasteiger partial charge in [0.05, 0.1) is 12.6 Å². The lowest BCUT2D eigenvalue weighted by Gasteiger charge is -2.11. The molecule has 0 bridgehead atoms. The lowest BCUT2D eigenvalue weighted by Crippen LogP contribution is -2.11. The van der Waals surface area contributed by atoms with Crippen LogP contribution in [0.15, 0.2) is 28.9 Å². The topological polar surface area (TPSA) is 75.9 Å². The lowest BCUT2D eigenvalue weighted by molar-refractivity contribution is 0.478. The minimum Gasteiger partial charge on any atom is -0.407 e. The first-order valence-electron chi connectivity index (χ1n) is 5.99. The van der Waals surface area contributed by atoms with Gasteiger partial charge in [0.25, 0.3) is 0 Å². The van der Waals surface area contributed by atoms with Gasteiger partial charge in [-0.1, -0.05) is 12.0 Å². The number of anilines is 1. The molecule has 6 nitrogen and oxygen atoms in total. The fourth-order valence-corrected chi connectivity index (χ4v) is 1.54. The second-order valence-electron chi connectivity index (χ2n) is 3.93. The highest BCUT2D eigenvalue weighted by atomic mass is 16.4. The zero-order chi connectivity index (χ0) is 12.8. The van der Waals surface area contributed by atoms with E-state index in [1.807, 2.05) is 26.0 Å². The molecule has 2 aromatic heterocycles. The normalized spacial score (nSPS) is 12.3. The van der Waals surface area contributed by atoms with E-state index >= 15 is 0 Å². The fraction of sp³-hybridized carbons (Fsp3) is 0.417. The third-order valence-electron chi connectivity index (χ3n) is 2.54. The molecule has 2 aromatic rings. The van der Waals surface area contributed by atoms with Crippen molar-refractivity contribution in [2.24, 2.45) is 0 Å². The van der Waals surface area contributed by atoms with Gasteiger partial charge in [-0.2, -0.15) is 0 Å². The molecule has 0 aromatic carbocycles. The summed E-state index contributed by atoms with van der Waals surface area (Å²) in [5.74, 6) is 0.585. The van der Waals surface area contributed by atoms with E-state index in [9.17, 15) is 0 Å². The molecule has 2 rings (SSSR count). The summed E-state index contributed by atoms with van der Waals surface area (Å²) >= 11 is 0. The van der Waals surface area contributed by atoms with Gasteiger partial charge < -0.3 is 15.1 Å². The summed E-state index contributed by atoms with van der Waals surface area (Å²) in [6, 6.07) is 4.44. The molecule has 2 heterocycles. The first-order valence-corrected chi connectivity index (χ1v) is 5.99. The Hall–Kier alpha value is -1.95. The Labute approximate surface area is 106 Å². The molecule has 0 saturated carbocycles. The van der Waals surface area contributed by atoms with Crippen molar-refractivity contribution in [3.63, 3.8) is 0 Å². The Bertz CT molecular complexity index is 470. The first kappa shape index (κ1) is 12.5. The van der Waals surface area contributed by atoms with Gasteiger partial charge in [-0.3, -0.25) is 4.98 Å². The van der Waals surface area contributed by atoms with E-state index in [4.69, 9.17) is 4.42 Å². The molecule has 96 valence electrons. The highest BCUT2D eigenvalue weighted by molar-refractivity contribution is 5.26. The smallest absolute Gasteiger partial charge is 0.315 e. The average Bonchev–Trinajstić information content (AvgIpc) is 2.85. The lowest BCUT2D eigenvalue weighted by atomic mass is 10.1. The van der Waals surface area contributed by atoms with E-state index in [1.165, 1.54) is 0 Å². The predicted octanol–water partition coefficient (Wildman–Crippen LogP) is 1.75. The van der Waals surface area contributed by atoms with Crippen LogP contribution in [-0.2, 0) is 6.54 Å². The standard InChI is InChI=1S/C12H17N5O/c1-3-13-8-11-16-17-12(18-11)15-9(2)10-4-6-14-7-5-10/h4-7,9,13H,3,8H2,1-2H3,(H,15,17). The Morgan fingerprint density at radius 2 is 2.06 bits per heavy atom. The zero-order valence-corrected chi connectivity index (χ0v) is 10.6. The molecule has 0 aliphatic heterocycles. The molecule has 0 spiro atoms. The van der Waals surface area contributed by atoms with Crippen molar-refractivity contribution < 1.29 is 4.42 Å². The molecule has 18 heavy (non-hydrogen) atoms. The van der Waals surface area contributed by atoms with Crippen molar-refractivity contribution in [2.45, 2.75) is 26.4 Å². The molecule has 0 fully saturated rings. The summed E-state index contributed by atoms with van der Waals surface area (Å²) in [4.78, 5) is 3.99. The van der Waals surface area contributed by atoms with Crippen molar-refractivity contribution in [3.05, 3.63) is 36.0 Å². The second-order valence-corrected chi connectivity index (χ2v) is 3.93. The molecular weight excluding hydrogens is 230 g/mol. The van der Waals surface area contributed by atoms with Crippen LogP contribution in [0.25, 0.3) is 0 Å². The Balaban J connectivity index is 1.95. The van der Waals surface area contributed by atoms with Gasteiger partial charge >= 0.3 is 6.01 Å². The van der Waals surface area contributed by atoms with E-state index in [0.29, 0.717) is 18.5 Å². The number of hydrogen-bond acceptors (Lipinski definition) is 6. The Morgan fingerprint density at radius 3 is 2.78 bits per heavy atom. The first-order chi connectivity index (χ1) is 8.79. The molecule has 0 aliphatic carbocycles. The summed E-state index contributed by atoms with van der Waals surface area (Å²) in [6.07, 6.45) is 3.52. The van der Waals surface area contributed by atoms with E-state index < -0.39 is 0 Å². The van der Waals surface area contributed by atoms with Crippen molar-refractivity contribution in [1.29, 1.82) is 0 Å². The number of nitrogens with one attached hydrogen (secondary N) is 2. The number of rotatable bonds is 6. The van der Waals surface area contributed by atoms with Crippen LogP contribution in [0.1, 0.15) is 31.3 Å². The van der Waals surface area contributed by atoms with Crippen LogP contribution in [0.5, 0.6) is 0 Å². The van der Waals surface area contributed by atoms with Crippen molar-refractivity contribution in [1.82, 2.24) is 20.5 Å². The molecule has 0 saturated heterocycles. The second kappa shape index (κ2) is 6.11. The zero-order valence-electron chi connectivity index (χ0n) is 10.6. The SMILES string of the molecule is CCNCc1nnc(NC(C)c2ccncc2)o1. The van der Waals surface area contributed by atoms with Gasteiger partial charge in [0.1, 0.15) is 0 Å². The third kappa shape index (κ3) is 3.27. The Morgan fingerprint density at radius 1 is 1.28 bits per heavy atom.